The van der Waals surface area contributed by atoms with Crippen molar-refractivity contribution in [2.75, 3.05) is 36.4 Å². The lowest BCUT2D eigenvalue weighted by Gasteiger charge is -2.35. The van der Waals surface area contributed by atoms with E-state index >= 15 is 0 Å². The summed E-state index contributed by atoms with van der Waals surface area (Å²) in [6.45, 7) is 2.84. The van der Waals surface area contributed by atoms with Gasteiger partial charge in [0.05, 0.1) is 0 Å². The van der Waals surface area contributed by atoms with Crippen LogP contribution in [0.25, 0.3) is 0 Å². The van der Waals surface area contributed by atoms with E-state index in [9.17, 15) is 4.79 Å². The molecule has 0 spiro atoms. The molecule has 5 nitrogen and oxygen atoms in total. The van der Waals surface area contributed by atoms with E-state index in [0.717, 1.165) is 29.5 Å². The van der Waals surface area contributed by atoms with Crippen molar-refractivity contribution >= 4 is 57.0 Å². The Bertz CT molecular complexity index is 986. The molecule has 1 aliphatic rings. The fourth-order valence-corrected chi connectivity index (χ4v) is 4.20. The molecule has 1 saturated heterocycles. The van der Waals surface area contributed by atoms with E-state index in [2.05, 4.69) is 15.2 Å². The van der Waals surface area contributed by atoms with Crippen molar-refractivity contribution in [2.24, 2.45) is 0 Å². The highest BCUT2D eigenvalue weighted by molar-refractivity contribution is 7.14. The topological polar surface area (TPSA) is 48.5 Å². The van der Waals surface area contributed by atoms with Crippen molar-refractivity contribution in [3.05, 3.63) is 69.7 Å². The van der Waals surface area contributed by atoms with Crippen LogP contribution in [0.15, 0.2) is 53.9 Å². The molecule has 0 unspecified atom stereocenters. The Morgan fingerprint density at radius 1 is 1.00 bits per heavy atom. The summed E-state index contributed by atoms with van der Waals surface area (Å²) < 4.78 is 0. The number of thiazole rings is 1. The number of aromatic nitrogens is 1. The largest absolute Gasteiger partial charge is 0.368 e. The summed E-state index contributed by atoms with van der Waals surface area (Å²) in [5.41, 5.74) is 2.39. The van der Waals surface area contributed by atoms with Gasteiger partial charge in [0, 0.05) is 53.0 Å². The summed E-state index contributed by atoms with van der Waals surface area (Å²) in [6.07, 6.45) is 0. The zero-order chi connectivity index (χ0) is 19.5. The highest BCUT2D eigenvalue weighted by Crippen LogP contribution is 2.25. The van der Waals surface area contributed by atoms with Gasteiger partial charge in [-0.25, -0.2) is 4.98 Å². The number of carbonyl (C=O) groups excluding carboxylic acids is 1. The van der Waals surface area contributed by atoms with E-state index in [1.54, 1.807) is 5.38 Å². The van der Waals surface area contributed by atoms with Crippen molar-refractivity contribution < 1.29 is 4.79 Å². The van der Waals surface area contributed by atoms with Crippen LogP contribution in [0.5, 0.6) is 0 Å². The molecule has 1 aliphatic heterocycles. The highest BCUT2D eigenvalue weighted by Gasteiger charge is 2.24. The first-order valence-corrected chi connectivity index (χ1v) is 10.5. The number of piperazine rings is 1. The van der Waals surface area contributed by atoms with E-state index < -0.39 is 0 Å². The zero-order valence-electron chi connectivity index (χ0n) is 14.9. The third kappa shape index (κ3) is 4.41. The average Bonchev–Trinajstić information content (AvgIpc) is 3.16. The van der Waals surface area contributed by atoms with Gasteiger partial charge in [-0.15, -0.1) is 11.3 Å². The normalized spacial score (nSPS) is 14.2. The van der Waals surface area contributed by atoms with Crippen molar-refractivity contribution in [1.82, 2.24) is 9.88 Å². The second kappa shape index (κ2) is 8.39. The number of carbonyl (C=O) groups is 1. The molecule has 28 heavy (non-hydrogen) atoms. The van der Waals surface area contributed by atoms with Gasteiger partial charge in [0.1, 0.15) is 5.69 Å². The number of halogens is 2. The van der Waals surface area contributed by atoms with E-state index in [0.29, 0.717) is 28.9 Å². The monoisotopic (exact) mass is 432 g/mol. The maximum absolute atomic E-state index is 12.8. The van der Waals surface area contributed by atoms with Crippen molar-refractivity contribution in [1.29, 1.82) is 0 Å². The molecule has 1 aromatic heterocycles. The molecule has 1 amide bonds. The van der Waals surface area contributed by atoms with Gasteiger partial charge in [0.2, 0.25) is 0 Å². The maximum atomic E-state index is 12.8. The van der Waals surface area contributed by atoms with Crippen LogP contribution in [0.3, 0.4) is 0 Å². The molecule has 1 N–H and O–H groups in total. The van der Waals surface area contributed by atoms with E-state index in [1.807, 2.05) is 53.4 Å². The summed E-state index contributed by atoms with van der Waals surface area (Å²) in [5.74, 6) is -0.0406. The van der Waals surface area contributed by atoms with Crippen molar-refractivity contribution in [3.63, 3.8) is 0 Å². The predicted molar refractivity (Wildman–Crippen MR) is 116 cm³/mol. The highest BCUT2D eigenvalue weighted by atomic mass is 35.5. The van der Waals surface area contributed by atoms with Crippen LogP contribution in [0.2, 0.25) is 10.0 Å². The standard InChI is InChI=1S/C20H18Cl2N4OS/c21-14-3-1-5-16(11-14)23-20-24-18(13-28-20)19(27)26-9-7-25(8-10-26)17-6-2-4-15(22)12-17/h1-6,11-13H,7-10H2,(H,23,24). The van der Waals surface area contributed by atoms with Gasteiger partial charge in [0.25, 0.3) is 5.91 Å². The number of hydrogen-bond donors (Lipinski definition) is 1. The minimum absolute atomic E-state index is 0.0406. The molecule has 1 fully saturated rings. The summed E-state index contributed by atoms with van der Waals surface area (Å²) in [5, 5.41) is 7.02. The number of benzene rings is 2. The Morgan fingerprint density at radius 2 is 1.71 bits per heavy atom. The molecule has 0 bridgehead atoms. The molecule has 3 aromatic rings. The molecule has 4 rings (SSSR count). The van der Waals surface area contributed by atoms with Crippen LogP contribution in [0.1, 0.15) is 10.5 Å². The Kier molecular flexibility index (Phi) is 5.71. The fraction of sp³-hybridized carbons (Fsp3) is 0.200. The van der Waals surface area contributed by atoms with Crippen LogP contribution >= 0.6 is 34.5 Å². The van der Waals surface area contributed by atoms with Gasteiger partial charge in [-0.3, -0.25) is 4.79 Å². The van der Waals surface area contributed by atoms with E-state index in [4.69, 9.17) is 23.2 Å². The lowest BCUT2D eigenvalue weighted by molar-refractivity contribution is 0.0742. The molecular formula is C20H18Cl2N4OS. The van der Waals surface area contributed by atoms with E-state index in [-0.39, 0.29) is 5.91 Å². The minimum Gasteiger partial charge on any atom is -0.368 e. The Balaban J connectivity index is 1.37. The Hall–Kier alpha value is -2.28. The lowest BCUT2D eigenvalue weighted by atomic mass is 10.2. The molecule has 0 radical (unpaired) electrons. The number of amides is 1. The van der Waals surface area contributed by atoms with Crippen LogP contribution in [-0.4, -0.2) is 42.0 Å². The van der Waals surface area contributed by atoms with Crippen LogP contribution < -0.4 is 10.2 Å². The maximum Gasteiger partial charge on any atom is 0.273 e. The zero-order valence-corrected chi connectivity index (χ0v) is 17.3. The Labute approximate surface area is 177 Å². The number of nitrogens with one attached hydrogen (secondary N) is 1. The summed E-state index contributed by atoms with van der Waals surface area (Å²) in [4.78, 5) is 21.3. The molecule has 144 valence electrons. The molecular weight excluding hydrogens is 415 g/mol. The first kappa shape index (κ1) is 19.1. The van der Waals surface area contributed by atoms with Gasteiger partial charge < -0.3 is 15.1 Å². The molecule has 0 aliphatic carbocycles. The van der Waals surface area contributed by atoms with Gasteiger partial charge in [0.15, 0.2) is 5.13 Å². The van der Waals surface area contributed by atoms with Gasteiger partial charge in [-0.05, 0) is 36.4 Å². The molecule has 8 heteroatoms. The van der Waals surface area contributed by atoms with Crippen LogP contribution in [-0.2, 0) is 0 Å². The van der Waals surface area contributed by atoms with Gasteiger partial charge in [-0.1, -0.05) is 35.3 Å². The van der Waals surface area contributed by atoms with Gasteiger partial charge >= 0.3 is 0 Å². The predicted octanol–water partition coefficient (Wildman–Crippen LogP) is 5.16. The quantitative estimate of drug-likeness (QED) is 0.618. The Morgan fingerprint density at radius 3 is 2.43 bits per heavy atom. The number of rotatable bonds is 4. The van der Waals surface area contributed by atoms with Crippen molar-refractivity contribution in [3.8, 4) is 0 Å². The van der Waals surface area contributed by atoms with Crippen molar-refractivity contribution in [2.45, 2.75) is 0 Å². The summed E-state index contributed by atoms with van der Waals surface area (Å²) >= 11 is 13.5. The third-order valence-electron chi connectivity index (χ3n) is 4.54. The molecule has 2 heterocycles. The fourth-order valence-electron chi connectivity index (χ4n) is 3.12. The number of nitrogens with zero attached hydrogens (tertiary/aromatic N) is 3. The van der Waals surface area contributed by atoms with Gasteiger partial charge in [-0.2, -0.15) is 0 Å². The third-order valence-corrected chi connectivity index (χ3v) is 5.77. The first-order valence-electron chi connectivity index (χ1n) is 8.86. The SMILES string of the molecule is O=C(c1csc(Nc2cccc(Cl)c2)n1)N1CCN(c2cccc(Cl)c2)CC1. The molecule has 0 saturated carbocycles. The molecule has 0 atom stereocenters. The number of hydrogen-bond acceptors (Lipinski definition) is 5. The minimum atomic E-state index is -0.0406. The van der Waals surface area contributed by atoms with Crippen LogP contribution in [0, 0.1) is 0 Å². The summed E-state index contributed by atoms with van der Waals surface area (Å²) in [6, 6.07) is 15.2. The average molecular weight is 433 g/mol. The smallest absolute Gasteiger partial charge is 0.273 e. The second-order valence-corrected chi connectivity index (χ2v) is 8.16. The summed E-state index contributed by atoms with van der Waals surface area (Å²) in [7, 11) is 0. The van der Waals surface area contributed by atoms with E-state index in [1.165, 1.54) is 11.3 Å². The lowest BCUT2D eigenvalue weighted by Crippen LogP contribution is -2.48. The first-order chi connectivity index (χ1) is 13.6. The van der Waals surface area contributed by atoms with Crippen LogP contribution in [0.4, 0.5) is 16.5 Å². The second-order valence-electron chi connectivity index (χ2n) is 6.43. The number of anilines is 3. The molecule has 2 aromatic carbocycles.